The summed E-state index contributed by atoms with van der Waals surface area (Å²) in [5, 5.41) is 8.49. The van der Waals surface area contributed by atoms with E-state index in [1.54, 1.807) is 22.6 Å². The smallest absolute Gasteiger partial charge is 0.339 e. The van der Waals surface area contributed by atoms with E-state index in [1.807, 2.05) is 37.3 Å². The number of rotatable bonds is 5. The zero-order valence-electron chi connectivity index (χ0n) is 17.3. The fourth-order valence-electron chi connectivity index (χ4n) is 3.60. The van der Waals surface area contributed by atoms with Crippen molar-refractivity contribution < 1.29 is 12.6 Å². The minimum absolute atomic E-state index is 0.0340. The molecule has 5 rings (SSSR count). The van der Waals surface area contributed by atoms with Gasteiger partial charge in [0, 0.05) is 0 Å². The molecule has 33 heavy (non-hydrogen) atoms. The number of fused-ring (bicyclic) bond motifs is 3. The molecule has 0 aliphatic rings. The van der Waals surface area contributed by atoms with Crippen LogP contribution >= 0.6 is 15.9 Å². The number of aromatic nitrogens is 4. The third-order valence-electron chi connectivity index (χ3n) is 5.23. The van der Waals surface area contributed by atoms with Crippen molar-refractivity contribution in [3.8, 4) is 5.75 Å². The first kappa shape index (κ1) is 21.4. The highest BCUT2D eigenvalue weighted by Crippen LogP contribution is 2.25. The molecular weight excluding hydrogens is 508 g/mol. The first-order valence-electron chi connectivity index (χ1n) is 9.96. The molecule has 0 atom stereocenters. The molecule has 0 radical (unpaired) electrons. The highest BCUT2D eigenvalue weighted by Gasteiger charge is 2.20. The Morgan fingerprint density at radius 3 is 2.42 bits per heavy atom. The van der Waals surface area contributed by atoms with Crippen molar-refractivity contribution in [1.82, 2.24) is 19.2 Å². The van der Waals surface area contributed by atoms with E-state index in [2.05, 4.69) is 26.1 Å². The molecule has 0 saturated heterocycles. The quantitative estimate of drug-likeness (QED) is 0.323. The molecule has 10 heteroatoms. The molecular formula is C23H17BrN4O4S. The molecule has 3 aromatic carbocycles. The molecule has 0 aliphatic heterocycles. The molecule has 0 fully saturated rings. The first-order chi connectivity index (χ1) is 15.8. The van der Waals surface area contributed by atoms with E-state index < -0.39 is 10.1 Å². The Kier molecular flexibility index (Phi) is 5.26. The van der Waals surface area contributed by atoms with Gasteiger partial charge in [0.2, 0.25) is 10.5 Å². The zero-order valence-corrected chi connectivity index (χ0v) is 19.7. The summed E-state index contributed by atoms with van der Waals surface area (Å²) < 4.78 is 34.4. The maximum Gasteiger partial charge on any atom is 0.339 e. The Balaban J connectivity index is 1.65. The van der Waals surface area contributed by atoms with Crippen LogP contribution in [-0.2, 0) is 16.7 Å². The highest BCUT2D eigenvalue weighted by atomic mass is 79.9. The highest BCUT2D eigenvalue weighted by molar-refractivity contribution is 9.10. The molecule has 2 heterocycles. The van der Waals surface area contributed by atoms with Gasteiger partial charge in [-0.1, -0.05) is 48.0 Å². The number of benzene rings is 3. The molecule has 0 aliphatic carbocycles. The van der Waals surface area contributed by atoms with Crippen molar-refractivity contribution in [2.24, 2.45) is 0 Å². The van der Waals surface area contributed by atoms with Crippen molar-refractivity contribution >= 4 is 42.7 Å². The van der Waals surface area contributed by atoms with Crippen molar-refractivity contribution in [1.29, 1.82) is 0 Å². The van der Waals surface area contributed by atoms with Crippen LogP contribution in [0.2, 0.25) is 0 Å². The van der Waals surface area contributed by atoms with Gasteiger partial charge in [0.1, 0.15) is 10.6 Å². The maximum atomic E-state index is 13.4. The lowest BCUT2D eigenvalue weighted by Gasteiger charge is -2.12. The Bertz CT molecular complexity index is 1660. The number of hydrogen-bond donors (Lipinski definition) is 0. The van der Waals surface area contributed by atoms with Gasteiger partial charge in [0.25, 0.3) is 5.56 Å². The van der Waals surface area contributed by atoms with Gasteiger partial charge in [-0.25, -0.2) is 0 Å². The van der Waals surface area contributed by atoms with Crippen molar-refractivity contribution in [2.75, 3.05) is 0 Å². The van der Waals surface area contributed by atoms with Crippen LogP contribution in [0.1, 0.15) is 11.1 Å². The Morgan fingerprint density at radius 1 is 0.970 bits per heavy atom. The molecule has 0 saturated carbocycles. The fraction of sp³-hybridized carbons (Fsp3) is 0.0870. The summed E-state index contributed by atoms with van der Waals surface area (Å²) in [4.78, 5) is 13.5. The number of aryl methyl sites for hydroxylation is 1. The number of hydrogen-bond acceptors (Lipinski definition) is 6. The third-order valence-corrected chi connectivity index (χ3v) is 7.01. The van der Waals surface area contributed by atoms with Crippen molar-refractivity contribution in [3.05, 3.63) is 99.0 Å². The summed E-state index contributed by atoms with van der Waals surface area (Å²) >= 11 is 3.38. The largest absolute Gasteiger partial charge is 0.379 e. The lowest BCUT2D eigenvalue weighted by molar-refractivity contribution is 0.486. The van der Waals surface area contributed by atoms with Crippen LogP contribution in [0.4, 0.5) is 0 Å². The summed E-state index contributed by atoms with van der Waals surface area (Å²) in [6.45, 7) is 2.14. The second-order valence-electron chi connectivity index (χ2n) is 7.51. The van der Waals surface area contributed by atoms with E-state index in [1.165, 1.54) is 28.8 Å². The summed E-state index contributed by atoms with van der Waals surface area (Å²) in [7, 11) is -4.06. The zero-order chi connectivity index (χ0) is 23.2. The van der Waals surface area contributed by atoms with Crippen LogP contribution < -0.4 is 9.74 Å². The monoisotopic (exact) mass is 524 g/mol. The second kappa shape index (κ2) is 8.13. The van der Waals surface area contributed by atoms with E-state index in [9.17, 15) is 13.2 Å². The number of nitrogens with zero attached hydrogens (tertiary/aromatic N) is 4. The molecule has 0 amide bonds. The van der Waals surface area contributed by atoms with Gasteiger partial charge in [0.05, 0.1) is 17.4 Å². The molecule has 5 aromatic rings. The van der Waals surface area contributed by atoms with E-state index in [0.29, 0.717) is 16.0 Å². The molecule has 166 valence electrons. The Morgan fingerprint density at radius 2 is 1.70 bits per heavy atom. The van der Waals surface area contributed by atoms with Gasteiger partial charge in [-0.05, 0) is 58.7 Å². The van der Waals surface area contributed by atoms with Crippen molar-refractivity contribution in [3.63, 3.8) is 0 Å². The van der Waals surface area contributed by atoms with E-state index in [0.717, 1.165) is 11.1 Å². The Hall–Kier alpha value is -3.50. The third kappa shape index (κ3) is 3.91. The van der Waals surface area contributed by atoms with Crippen LogP contribution in [0.15, 0.2) is 87.2 Å². The van der Waals surface area contributed by atoms with Gasteiger partial charge in [-0.3, -0.25) is 13.8 Å². The molecule has 8 nitrogen and oxygen atoms in total. The molecule has 0 spiro atoms. The maximum absolute atomic E-state index is 13.4. The van der Waals surface area contributed by atoms with Crippen molar-refractivity contribution in [2.45, 2.75) is 18.4 Å². The van der Waals surface area contributed by atoms with Crippen LogP contribution in [-0.4, -0.2) is 27.6 Å². The predicted molar refractivity (Wildman–Crippen MR) is 127 cm³/mol. The van der Waals surface area contributed by atoms with E-state index in [4.69, 9.17) is 4.18 Å². The molecule has 0 N–H and O–H groups in total. The molecule has 0 unspecified atom stereocenters. The van der Waals surface area contributed by atoms with Gasteiger partial charge in [0.15, 0.2) is 0 Å². The van der Waals surface area contributed by atoms with Crippen LogP contribution in [0, 0.1) is 6.92 Å². The average Bonchev–Trinajstić information content (AvgIpc) is 3.19. The standard InChI is InChI=1S/C23H17BrN4O4S/c1-15-7-10-18(11-8-15)33(30,31)32-17-9-12-20-19(13-17)21(29)27(14-16-5-3-2-4-6-16)23-26-25-22(24)28(20)23/h2-13H,14H2,1H3. The van der Waals surface area contributed by atoms with Gasteiger partial charge < -0.3 is 4.18 Å². The van der Waals surface area contributed by atoms with Gasteiger partial charge >= 0.3 is 10.1 Å². The Labute approximate surface area is 197 Å². The predicted octanol–water partition coefficient (Wildman–Crippen LogP) is 3.93. The minimum Gasteiger partial charge on any atom is -0.379 e. The topological polar surface area (TPSA) is 95.6 Å². The summed E-state index contributed by atoms with van der Waals surface area (Å²) in [6.07, 6.45) is 0. The molecule has 0 bridgehead atoms. The summed E-state index contributed by atoms with van der Waals surface area (Å²) in [5.74, 6) is 0.402. The molecule has 2 aromatic heterocycles. The van der Waals surface area contributed by atoms with E-state index >= 15 is 0 Å². The normalized spacial score (nSPS) is 11.8. The van der Waals surface area contributed by atoms with Crippen LogP contribution in [0.3, 0.4) is 0 Å². The number of halogens is 1. The van der Waals surface area contributed by atoms with Crippen LogP contribution in [0.5, 0.6) is 5.75 Å². The lowest BCUT2D eigenvalue weighted by atomic mass is 10.2. The van der Waals surface area contributed by atoms with Gasteiger partial charge in [-0.15, -0.1) is 10.2 Å². The minimum atomic E-state index is -4.06. The summed E-state index contributed by atoms with van der Waals surface area (Å²) in [6, 6.07) is 20.4. The van der Waals surface area contributed by atoms with Crippen LogP contribution in [0.25, 0.3) is 16.7 Å². The summed E-state index contributed by atoms with van der Waals surface area (Å²) in [5.41, 5.74) is 2.03. The lowest BCUT2D eigenvalue weighted by Crippen LogP contribution is -2.24. The van der Waals surface area contributed by atoms with Gasteiger partial charge in [-0.2, -0.15) is 8.42 Å². The fourth-order valence-corrected chi connectivity index (χ4v) is 4.95. The average molecular weight is 525 g/mol. The second-order valence-corrected chi connectivity index (χ2v) is 9.77. The first-order valence-corrected chi connectivity index (χ1v) is 12.2. The van der Waals surface area contributed by atoms with E-state index in [-0.39, 0.29) is 28.1 Å². The SMILES string of the molecule is Cc1ccc(S(=O)(=O)Oc2ccc3c(c2)c(=O)n(Cc2ccccc2)c2nnc(Br)n32)cc1.